The van der Waals surface area contributed by atoms with Crippen molar-refractivity contribution in [3.8, 4) is 5.75 Å². The van der Waals surface area contributed by atoms with Crippen LogP contribution in [0, 0.1) is 19.3 Å². The molecule has 1 aliphatic rings. The molecule has 24 heavy (non-hydrogen) atoms. The van der Waals surface area contributed by atoms with E-state index in [4.69, 9.17) is 3.32 Å². The van der Waals surface area contributed by atoms with Gasteiger partial charge in [0.1, 0.15) is 0 Å². The zero-order valence-corrected chi connectivity index (χ0v) is 19.0. The van der Waals surface area contributed by atoms with Crippen LogP contribution in [0.15, 0.2) is 39.8 Å². The van der Waals surface area contributed by atoms with Crippen molar-refractivity contribution in [3.05, 3.63) is 50.9 Å². The summed E-state index contributed by atoms with van der Waals surface area (Å²) >= 11 is -1.88. The van der Waals surface area contributed by atoms with Gasteiger partial charge in [-0.3, -0.25) is 0 Å². The van der Waals surface area contributed by atoms with Crippen LogP contribution in [0.25, 0.3) is 0 Å². The van der Waals surface area contributed by atoms with Crippen molar-refractivity contribution in [3.63, 3.8) is 0 Å². The minimum Gasteiger partial charge on any atom is -0.147 e. The van der Waals surface area contributed by atoms with Crippen molar-refractivity contribution in [1.29, 1.82) is 0 Å². The van der Waals surface area contributed by atoms with E-state index in [1.165, 1.54) is 20.5 Å². The van der Waals surface area contributed by atoms with E-state index in [1.807, 2.05) is 0 Å². The summed E-state index contributed by atoms with van der Waals surface area (Å²) in [5, 5.41) is 0. The summed E-state index contributed by atoms with van der Waals surface area (Å²) in [6.07, 6.45) is 5.69. The van der Waals surface area contributed by atoms with Crippen LogP contribution in [0.1, 0.15) is 52.2 Å². The number of aryl methyl sites for hydroxylation is 1. The van der Waals surface area contributed by atoms with Gasteiger partial charge < -0.3 is 0 Å². The molecular weight excluding hydrogens is 375 g/mol. The molecule has 0 saturated carbocycles. The summed E-state index contributed by atoms with van der Waals surface area (Å²) in [5.74, 6) is 1.07. The van der Waals surface area contributed by atoms with E-state index in [1.54, 1.807) is 3.88 Å². The van der Waals surface area contributed by atoms with Gasteiger partial charge in [0.15, 0.2) is 0 Å². The fraction of sp³-hybridized carbons (Fsp3) is 0.450. The Labute approximate surface area is 166 Å². The second kappa shape index (κ2) is 9.39. The van der Waals surface area contributed by atoms with Crippen molar-refractivity contribution in [2.75, 3.05) is 0 Å². The maximum atomic E-state index is 6.63. The number of hydrogen-bond donors (Lipinski definition) is 0. The molecule has 0 N–H and O–H groups in total. The van der Waals surface area contributed by atoms with Crippen LogP contribution >= 0.6 is 24.8 Å². The van der Waals surface area contributed by atoms with E-state index in [2.05, 4.69) is 78.8 Å². The van der Waals surface area contributed by atoms with E-state index in [9.17, 15) is 0 Å². The SMILES string of the molecule is C[C](C)=[Ti]([O]c1cccc(C)c1C)[C]1=C(C(C)(C)C)C=CC1.Cl.Cl. The Hall–Kier alpha value is -0.336. The second-order valence-corrected chi connectivity index (χ2v) is 11.2. The summed E-state index contributed by atoms with van der Waals surface area (Å²) in [6, 6.07) is 6.38. The fourth-order valence-corrected chi connectivity index (χ4v) is 6.55. The molecule has 0 fully saturated rings. The van der Waals surface area contributed by atoms with E-state index >= 15 is 0 Å². The third kappa shape index (κ3) is 5.33. The van der Waals surface area contributed by atoms with Gasteiger partial charge in [0.2, 0.25) is 0 Å². The van der Waals surface area contributed by atoms with Crippen LogP contribution in [0.4, 0.5) is 0 Å². The summed E-state index contributed by atoms with van der Waals surface area (Å²) in [7, 11) is 0. The van der Waals surface area contributed by atoms with Gasteiger partial charge in [-0.05, 0) is 0 Å². The van der Waals surface area contributed by atoms with Gasteiger partial charge in [0.05, 0.1) is 0 Å². The molecule has 0 unspecified atom stereocenters. The number of hydrogen-bond acceptors (Lipinski definition) is 1. The second-order valence-electron chi connectivity index (χ2n) is 7.38. The van der Waals surface area contributed by atoms with Crippen LogP contribution in [0.3, 0.4) is 0 Å². The van der Waals surface area contributed by atoms with Crippen LogP contribution in [0.2, 0.25) is 0 Å². The van der Waals surface area contributed by atoms with Gasteiger partial charge in [-0.15, -0.1) is 24.8 Å². The molecule has 0 bridgehead atoms. The minimum absolute atomic E-state index is 0. The van der Waals surface area contributed by atoms with Crippen LogP contribution in [0.5, 0.6) is 5.75 Å². The van der Waals surface area contributed by atoms with Crippen molar-refractivity contribution >= 4 is 28.6 Å². The summed E-state index contributed by atoms with van der Waals surface area (Å²) in [4.78, 5) is 0. The molecule has 2 rings (SSSR count). The van der Waals surface area contributed by atoms with E-state index in [0.29, 0.717) is 0 Å². The molecule has 134 valence electrons. The molecule has 0 heterocycles. The predicted octanol–water partition coefficient (Wildman–Crippen LogP) is 6.53. The quantitative estimate of drug-likeness (QED) is 0.520. The van der Waals surface area contributed by atoms with Crippen molar-refractivity contribution in [2.45, 2.75) is 54.9 Å². The van der Waals surface area contributed by atoms with Gasteiger partial charge in [-0.25, -0.2) is 0 Å². The normalized spacial score (nSPS) is 13.3. The molecule has 0 amide bonds. The Morgan fingerprint density at radius 2 is 1.71 bits per heavy atom. The van der Waals surface area contributed by atoms with Crippen molar-refractivity contribution in [1.82, 2.24) is 0 Å². The van der Waals surface area contributed by atoms with E-state index in [0.717, 1.165) is 12.2 Å². The predicted molar refractivity (Wildman–Crippen MR) is 108 cm³/mol. The summed E-state index contributed by atoms with van der Waals surface area (Å²) in [6.45, 7) is 15.7. The average molecular weight is 405 g/mol. The number of allylic oxidation sites excluding steroid dienone is 4. The molecule has 0 spiro atoms. The Kier molecular flexibility index (Phi) is 9.25. The first-order valence-electron chi connectivity index (χ1n) is 8.04. The Bertz CT molecular complexity index is 675. The first-order valence-corrected chi connectivity index (χ1v) is 10.2. The molecule has 0 saturated heterocycles. The zero-order valence-electron chi connectivity index (χ0n) is 15.8. The zero-order chi connectivity index (χ0) is 16.5. The van der Waals surface area contributed by atoms with Gasteiger partial charge >= 0.3 is 142 Å². The van der Waals surface area contributed by atoms with E-state index in [-0.39, 0.29) is 30.2 Å². The largest absolute Gasteiger partial charge is 0.147 e. The maximum absolute atomic E-state index is 6.63. The van der Waals surface area contributed by atoms with Crippen molar-refractivity contribution < 1.29 is 21.1 Å². The third-order valence-corrected chi connectivity index (χ3v) is 7.91. The summed E-state index contributed by atoms with van der Waals surface area (Å²) < 4.78 is 9.68. The first-order chi connectivity index (χ1) is 10.2. The van der Waals surface area contributed by atoms with Gasteiger partial charge in [-0.2, -0.15) is 0 Å². The molecule has 0 atom stereocenters. The molecule has 0 aromatic heterocycles. The first kappa shape index (κ1) is 23.7. The maximum Gasteiger partial charge on any atom is -0.147 e. The minimum atomic E-state index is -1.88. The molecule has 1 aromatic carbocycles. The smallest absolute Gasteiger partial charge is 0.147 e. The molecule has 4 heteroatoms. The Morgan fingerprint density at radius 1 is 1.08 bits per heavy atom. The molecule has 0 radical (unpaired) electrons. The number of rotatable bonds is 3. The average Bonchev–Trinajstić information content (AvgIpc) is 2.89. The van der Waals surface area contributed by atoms with Gasteiger partial charge in [-0.1, -0.05) is 0 Å². The van der Waals surface area contributed by atoms with Crippen LogP contribution in [-0.2, 0) is 17.8 Å². The molecule has 1 aliphatic carbocycles. The number of halogens is 2. The standard InChI is InChI=1S/C9H13.C8H10O.C3H6.2ClH.Ti/c1-9(2,3)8-6-4-5-7-8;1-6-4-3-5-8(9)7(6)2;1-3-2;;;/h4,6H,5H2,1-3H3;3-5,9H,1-2H3;1-2H3;2*1H;/q;;;;;+1/p-1. The number of benzene rings is 1. The van der Waals surface area contributed by atoms with Gasteiger partial charge in [0.25, 0.3) is 0 Å². The van der Waals surface area contributed by atoms with Crippen LogP contribution in [-0.4, -0.2) is 3.81 Å². The molecule has 1 nitrogen and oxygen atoms in total. The Balaban J connectivity index is 0.00000264. The molecule has 0 aliphatic heterocycles. The topological polar surface area (TPSA) is 9.23 Å². The monoisotopic (exact) mass is 404 g/mol. The molecule has 1 aromatic rings. The molecular formula is C20H30Cl2OTi. The van der Waals surface area contributed by atoms with Crippen LogP contribution < -0.4 is 3.32 Å². The summed E-state index contributed by atoms with van der Waals surface area (Å²) in [5.41, 5.74) is 4.27. The van der Waals surface area contributed by atoms with Crippen molar-refractivity contribution in [2.24, 2.45) is 5.41 Å². The fourth-order valence-electron chi connectivity index (χ4n) is 2.83. The third-order valence-electron chi connectivity index (χ3n) is 4.23. The Morgan fingerprint density at radius 3 is 2.25 bits per heavy atom. The van der Waals surface area contributed by atoms with E-state index < -0.39 is 17.8 Å². The van der Waals surface area contributed by atoms with Gasteiger partial charge in [0, 0.05) is 0 Å².